The summed E-state index contributed by atoms with van der Waals surface area (Å²) in [5, 5.41) is 10.8. The molecule has 2 aromatic rings. The van der Waals surface area contributed by atoms with Crippen LogP contribution in [0, 0.1) is 0 Å². The molecule has 0 saturated heterocycles. The number of aromatic nitrogens is 1. The van der Waals surface area contributed by atoms with Crippen LogP contribution in [0.3, 0.4) is 0 Å². The fourth-order valence-electron chi connectivity index (χ4n) is 2.58. The monoisotopic (exact) mass is 273 g/mol. The van der Waals surface area contributed by atoms with Gasteiger partial charge in [-0.25, -0.2) is 0 Å². The zero-order valence-electron chi connectivity index (χ0n) is 12.1. The Morgan fingerprint density at radius 3 is 2.55 bits per heavy atom. The first-order chi connectivity index (χ1) is 9.74. The predicted octanol–water partition coefficient (Wildman–Crippen LogP) is 4.14. The first-order valence-corrected chi connectivity index (χ1v) is 7.57. The van der Waals surface area contributed by atoms with Gasteiger partial charge >= 0.3 is 0 Å². The summed E-state index contributed by atoms with van der Waals surface area (Å²) in [5.41, 5.74) is 1.30. The van der Waals surface area contributed by atoms with Crippen molar-refractivity contribution in [1.82, 2.24) is 4.73 Å². The van der Waals surface area contributed by atoms with Crippen molar-refractivity contribution in [3.63, 3.8) is 0 Å². The third-order valence-corrected chi connectivity index (χ3v) is 3.75. The Morgan fingerprint density at radius 1 is 1.05 bits per heavy atom. The van der Waals surface area contributed by atoms with Crippen molar-refractivity contribution in [1.29, 1.82) is 0 Å². The van der Waals surface area contributed by atoms with E-state index in [-0.39, 0.29) is 5.43 Å². The smallest absolute Gasteiger partial charge is 0.189 e. The van der Waals surface area contributed by atoms with E-state index in [9.17, 15) is 10.0 Å². The first-order valence-electron chi connectivity index (χ1n) is 7.57. The Kier molecular flexibility index (Phi) is 5.22. The molecule has 0 unspecified atom stereocenters. The van der Waals surface area contributed by atoms with Crippen LogP contribution in [0.1, 0.15) is 51.1 Å². The molecule has 2 rings (SSSR count). The van der Waals surface area contributed by atoms with Crippen molar-refractivity contribution < 1.29 is 5.21 Å². The molecule has 0 saturated carbocycles. The largest absolute Gasteiger partial charge is 0.428 e. The first kappa shape index (κ1) is 14.6. The molecular weight excluding hydrogens is 250 g/mol. The molecule has 20 heavy (non-hydrogen) atoms. The number of hydrogen-bond donors (Lipinski definition) is 1. The highest BCUT2D eigenvalue weighted by atomic mass is 16.5. The van der Waals surface area contributed by atoms with Crippen molar-refractivity contribution in [3.05, 3.63) is 46.2 Å². The van der Waals surface area contributed by atoms with E-state index in [1.165, 1.54) is 30.4 Å². The van der Waals surface area contributed by atoms with Crippen LogP contribution in [-0.2, 0) is 6.42 Å². The van der Waals surface area contributed by atoms with Crippen LogP contribution in [0.15, 0.2) is 35.1 Å². The molecule has 1 heterocycles. The van der Waals surface area contributed by atoms with Crippen molar-refractivity contribution in [2.75, 3.05) is 0 Å². The Bertz CT molecular complexity index is 616. The zero-order chi connectivity index (χ0) is 14.4. The predicted molar refractivity (Wildman–Crippen MR) is 82.5 cm³/mol. The molecule has 3 nitrogen and oxygen atoms in total. The van der Waals surface area contributed by atoms with E-state index in [0.29, 0.717) is 16.6 Å². The third kappa shape index (κ3) is 3.41. The number of nitrogens with zero attached hydrogens (tertiary/aromatic N) is 1. The molecule has 3 heteroatoms. The van der Waals surface area contributed by atoms with E-state index in [1.54, 1.807) is 18.2 Å². The van der Waals surface area contributed by atoms with Crippen LogP contribution in [-0.4, -0.2) is 9.94 Å². The molecule has 0 aliphatic rings. The van der Waals surface area contributed by atoms with Crippen molar-refractivity contribution in [2.45, 2.75) is 51.9 Å². The maximum Gasteiger partial charge on any atom is 0.189 e. The van der Waals surface area contributed by atoms with E-state index in [1.807, 2.05) is 12.1 Å². The lowest BCUT2D eigenvalue weighted by molar-refractivity contribution is 0.187. The Hall–Kier alpha value is -1.77. The van der Waals surface area contributed by atoms with Gasteiger partial charge in [-0.15, -0.1) is 0 Å². The topological polar surface area (TPSA) is 42.2 Å². The van der Waals surface area contributed by atoms with E-state index in [0.717, 1.165) is 19.3 Å². The average molecular weight is 273 g/mol. The van der Waals surface area contributed by atoms with Gasteiger partial charge in [0.25, 0.3) is 0 Å². The highest BCUT2D eigenvalue weighted by Crippen LogP contribution is 2.14. The lowest BCUT2D eigenvalue weighted by Gasteiger charge is -2.10. The number of unbranched alkanes of at least 4 members (excludes halogenated alkanes) is 5. The molecule has 0 aliphatic heterocycles. The van der Waals surface area contributed by atoms with Gasteiger partial charge in [0.15, 0.2) is 5.43 Å². The normalized spacial score (nSPS) is 11.1. The van der Waals surface area contributed by atoms with Crippen LogP contribution < -0.4 is 5.43 Å². The molecule has 0 aliphatic carbocycles. The number of aryl methyl sites for hydroxylation is 1. The summed E-state index contributed by atoms with van der Waals surface area (Å²) in [6, 6.07) is 8.74. The fraction of sp³-hybridized carbons (Fsp3) is 0.471. The molecule has 0 fully saturated rings. The Balaban J connectivity index is 2.04. The summed E-state index contributed by atoms with van der Waals surface area (Å²) in [4.78, 5) is 12.0. The molecule has 0 atom stereocenters. The quantitative estimate of drug-likeness (QED) is 0.608. The molecule has 0 bridgehead atoms. The van der Waals surface area contributed by atoms with E-state index in [2.05, 4.69) is 6.92 Å². The molecule has 0 spiro atoms. The van der Waals surface area contributed by atoms with Gasteiger partial charge in [0.1, 0.15) is 0 Å². The summed E-state index contributed by atoms with van der Waals surface area (Å²) in [5.74, 6) is 0. The summed E-state index contributed by atoms with van der Waals surface area (Å²) >= 11 is 0. The SMILES string of the molecule is CCCCCCCCc1cc(=O)c2ccccc2n1O. The fourth-order valence-corrected chi connectivity index (χ4v) is 2.58. The third-order valence-electron chi connectivity index (χ3n) is 3.75. The van der Waals surface area contributed by atoms with Crippen LogP contribution >= 0.6 is 0 Å². The zero-order valence-corrected chi connectivity index (χ0v) is 12.1. The molecule has 0 amide bonds. The molecule has 1 N–H and O–H groups in total. The second kappa shape index (κ2) is 7.13. The van der Waals surface area contributed by atoms with Crippen molar-refractivity contribution >= 4 is 10.9 Å². The van der Waals surface area contributed by atoms with E-state index < -0.39 is 0 Å². The number of benzene rings is 1. The number of rotatable bonds is 7. The summed E-state index contributed by atoms with van der Waals surface area (Å²) < 4.78 is 1.17. The van der Waals surface area contributed by atoms with Gasteiger partial charge in [-0.1, -0.05) is 51.2 Å². The van der Waals surface area contributed by atoms with Crippen molar-refractivity contribution in [2.24, 2.45) is 0 Å². The van der Waals surface area contributed by atoms with E-state index in [4.69, 9.17) is 0 Å². The van der Waals surface area contributed by atoms with Gasteiger partial charge in [0.05, 0.1) is 11.2 Å². The molecule has 1 aromatic carbocycles. The maximum absolute atomic E-state index is 12.0. The van der Waals surface area contributed by atoms with Crippen molar-refractivity contribution in [3.8, 4) is 0 Å². The van der Waals surface area contributed by atoms with E-state index >= 15 is 0 Å². The second-order valence-electron chi connectivity index (χ2n) is 5.35. The van der Waals surface area contributed by atoms with Crippen LogP contribution in [0.5, 0.6) is 0 Å². The van der Waals surface area contributed by atoms with Crippen LogP contribution in [0.25, 0.3) is 10.9 Å². The lowest BCUT2D eigenvalue weighted by Crippen LogP contribution is -2.12. The molecule has 1 aromatic heterocycles. The second-order valence-corrected chi connectivity index (χ2v) is 5.35. The number of hydrogen-bond acceptors (Lipinski definition) is 2. The average Bonchev–Trinajstić information content (AvgIpc) is 2.47. The lowest BCUT2D eigenvalue weighted by atomic mass is 10.1. The standard InChI is InChI=1S/C17H23NO2/c1-2-3-4-5-6-7-10-14-13-17(19)15-11-8-9-12-16(15)18(14)20/h8-9,11-13,20H,2-7,10H2,1H3. The van der Waals surface area contributed by atoms with Gasteiger partial charge in [0, 0.05) is 11.5 Å². The van der Waals surface area contributed by atoms with Crippen LogP contribution in [0.2, 0.25) is 0 Å². The number of pyridine rings is 1. The van der Waals surface area contributed by atoms with Gasteiger partial charge in [-0.2, -0.15) is 4.73 Å². The molecule has 108 valence electrons. The molecular formula is C17H23NO2. The number of fused-ring (bicyclic) bond motifs is 1. The minimum Gasteiger partial charge on any atom is -0.428 e. The van der Waals surface area contributed by atoms with Gasteiger partial charge in [-0.3, -0.25) is 4.79 Å². The van der Waals surface area contributed by atoms with Gasteiger partial charge in [0.2, 0.25) is 0 Å². The van der Waals surface area contributed by atoms with Gasteiger partial charge in [-0.05, 0) is 25.0 Å². The summed E-state index contributed by atoms with van der Waals surface area (Å²) in [6.07, 6.45) is 7.98. The van der Waals surface area contributed by atoms with Gasteiger partial charge < -0.3 is 5.21 Å². The summed E-state index contributed by atoms with van der Waals surface area (Å²) in [7, 11) is 0. The highest BCUT2D eigenvalue weighted by molar-refractivity contribution is 5.78. The number of para-hydroxylation sites is 1. The Labute approximate surface area is 119 Å². The summed E-state index contributed by atoms with van der Waals surface area (Å²) in [6.45, 7) is 2.21. The maximum atomic E-state index is 12.0. The molecule has 0 radical (unpaired) electrons. The van der Waals surface area contributed by atoms with Crippen LogP contribution in [0.4, 0.5) is 0 Å². The Morgan fingerprint density at radius 2 is 1.75 bits per heavy atom. The minimum absolute atomic E-state index is 0.00752. The highest BCUT2D eigenvalue weighted by Gasteiger charge is 2.07. The minimum atomic E-state index is -0.00752.